The molecule has 158 valence electrons. The monoisotopic (exact) mass is 463 g/mol. The largest absolute Gasteiger partial charge is 0.306 e. The van der Waals surface area contributed by atoms with Crippen molar-refractivity contribution in [3.05, 3.63) is 77.6 Å². The van der Waals surface area contributed by atoms with Crippen molar-refractivity contribution < 1.29 is 0 Å². The summed E-state index contributed by atoms with van der Waals surface area (Å²) in [6, 6.07) is 12.6. The van der Waals surface area contributed by atoms with Crippen molar-refractivity contribution in [3.63, 3.8) is 0 Å². The van der Waals surface area contributed by atoms with Gasteiger partial charge in [0.1, 0.15) is 6.33 Å². The second-order valence-electron chi connectivity index (χ2n) is 7.71. The molecule has 1 N–H and O–H groups in total. The van der Waals surface area contributed by atoms with Crippen LogP contribution in [-0.4, -0.2) is 19.7 Å². The summed E-state index contributed by atoms with van der Waals surface area (Å²) < 4.78 is 2.06. The number of allylic oxidation sites excluding steroid dienone is 2. The molecule has 5 rings (SSSR count). The van der Waals surface area contributed by atoms with E-state index >= 15 is 0 Å². The van der Waals surface area contributed by atoms with Gasteiger partial charge in [0.2, 0.25) is 0 Å². The number of halogens is 3. The number of nitrogens with one attached hydrogen (secondary N) is 1. The first kappa shape index (κ1) is 22.8. The summed E-state index contributed by atoms with van der Waals surface area (Å²) in [7, 11) is 0. The molecular weight excluding hydrogens is 441 g/mol. The lowest BCUT2D eigenvalue weighted by atomic mass is 9.76. The van der Waals surface area contributed by atoms with E-state index in [0.29, 0.717) is 12.5 Å². The maximum Gasteiger partial charge on any atom is 0.151 e. The maximum absolute atomic E-state index is 7.19. The lowest BCUT2D eigenvalue weighted by Gasteiger charge is -2.35. The average Bonchev–Trinajstić information content (AvgIpc) is 3.10. The van der Waals surface area contributed by atoms with Gasteiger partial charge in [0.15, 0.2) is 5.82 Å². The lowest BCUT2D eigenvalue weighted by molar-refractivity contribution is 0.474. The third-order valence-electron chi connectivity index (χ3n) is 5.84. The van der Waals surface area contributed by atoms with E-state index in [-0.39, 0.29) is 24.8 Å². The molecule has 8 heteroatoms. The van der Waals surface area contributed by atoms with Crippen LogP contribution < -0.4 is 5.32 Å². The molecule has 3 heterocycles. The normalized spacial score (nSPS) is 22.5. The molecule has 1 aliphatic heterocycles. The number of nitrogens with zero attached hydrogens (tertiary/aromatic N) is 4. The van der Waals surface area contributed by atoms with Crippen LogP contribution in [0.2, 0.25) is 0 Å². The molecule has 0 bridgehead atoms. The number of hydrogen-bond acceptors (Lipinski definition) is 4. The molecule has 0 amide bonds. The molecule has 1 aliphatic carbocycles. The number of alkyl halides is 1. The van der Waals surface area contributed by atoms with Crippen molar-refractivity contribution in [1.82, 2.24) is 25.1 Å². The highest BCUT2D eigenvalue weighted by atomic mass is 35.5. The number of fused-ring (bicyclic) bond motifs is 3. The van der Waals surface area contributed by atoms with Crippen molar-refractivity contribution >= 4 is 42.0 Å². The molecule has 3 aromatic rings. The molecule has 0 spiro atoms. The third kappa shape index (κ3) is 4.00. The Bertz CT molecular complexity index is 1050. The summed E-state index contributed by atoms with van der Waals surface area (Å²) in [4.78, 5) is 4.13. The Kier molecular flexibility index (Phi) is 6.88. The van der Waals surface area contributed by atoms with Crippen LogP contribution in [0.3, 0.4) is 0 Å². The van der Waals surface area contributed by atoms with E-state index in [1.165, 1.54) is 16.7 Å². The number of pyridine rings is 1. The van der Waals surface area contributed by atoms with E-state index in [0.717, 1.165) is 36.6 Å². The minimum absolute atomic E-state index is 0. The van der Waals surface area contributed by atoms with Gasteiger partial charge in [-0.05, 0) is 53.7 Å². The molecule has 5 nitrogen and oxygen atoms in total. The van der Waals surface area contributed by atoms with Gasteiger partial charge in [-0.15, -0.1) is 46.6 Å². The zero-order valence-electron chi connectivity index (χ0n) is 16.6. The van der Waals surface area contributed by atoms with Crippen LogP contribution in [0.4, 0.5) is 0 Å². The first-order valence-corrected chi connectivity index (χ1v) is 10.1. The molecule has 0 saturated carbocycles. The zero-order valence-corrected chi connectivity index (χ0v) is 19.0. The lowest BCUT2D eigenvalue weighted by Crippen LogP contribution is -2.26. The van der Waals surface area contributed by atoms with Gasteiger partial charge in [-0.3, -0.25) is 9.55 Å². The van der Waals surface area contributed by atoms with Crippen molar-refractivity contribution in [2.24, 2.45) is 5.92 Å². The molecular formula is C22H24Cl3N5. The van der Waals surface area contributed by atoms with E-state index in [1.807, 2.05) is 18.3 Å². The number of benzene rings is 1. The van der Waals surface area contributed by atoms with E-state index in [1.54, 1.807) is 6.33 Å². The van der Waals surface area contributed by atoms with Gasteiger partial charge in [0, 0.05) is 12.7 Å². The molecule has 30 heavy (non-hydrogen) atoms. The molecule has 0 saturated heterocycles. The van der Waals surface area contributed by atoms with Crippen molar-refractivity contribution in [3.8, 4) is 5.69 Å². The number of rotatable bonds is 2. The van der Waals surface area contributed by atoms with E-state index in [2.05, 4.69) is 62.3 Å². The van der Waals surface area contributed by atoms with E-state index < -0.39 is 4.87 Å². The fraction of sp³-hybridized carbons (Fsp3) is 0.318. The predicted octanol–water partition coefficient (Wildman–Crippen LogP) is 5.06. The second kappa shape index (κ2) is 9.06. The Morgan fingerprint density at radius 2 is 2.03 bits per heavy atom. The number of hydrogen-bond donors (Lipinski definition) is 1. The van der Waals surface area contributed by atoms with Gasteiger partial charge in [-0.2, -0.15) is 0 Å². The fourth-order valence-electron chi connectivity index (χ4n) is 4.41. The van der Waals surface area contributed by atoms with Gasteiger partial charge in [0.05, 0.1) is 22.8 Å². The summed E-state index contributed by atoms with van der Waals surface area (Å²) in [6.07, 6.45) is 7.59. The molecule has 2 aromatic heterocycles. The molecule has 1 aromatic carbocycles. The molecule has 2 atom stereocenters. The minimum Gasteiger partial charge on any atom is -0.306 e. The fourth-order valence-corrected chi connectivity index (χ4v) is 4.83. The van der Waals surface area contributed by atoms with Crippen LogP contribution in [0.5, 0.6) is 0 Å². The Hall–Kier alpha value is -1.92. The van der Waals surface area contributed by atoms with Crippen LogP contribution in [0, 0.1) is 5.92 Å². The summed E-state index contributed by atoms with van der Waals surface area (Å²) in [5.74, 6) is 1.28. The highest BCUT2D eigenvalue weighted by molar-refractivity contribution is 6.24. The van der Waals surface area contributed by atoms with Crippen molar-refractivity contribution in [2.45, 2.75) is 37.7 Å². The first-order chi connectivity index (χ1) is 13.6. The summed E-state index contributed by atoms with van der Waals surface area (Å²) >= 11 is 7.19. The van der Waals surface area contributed by atoms with Crippen LogP contribution in [0.1, 0.15) is 42.4 Å². The Labute approximate surface area is 193 Å². The maximum atomic E-state index is 7.19. The SMILES string of the molecule is CC1CC(Cl)(c2ccc3c(c2)CNCc2nncn2-3)CC=C1c1ccccn1.Cl.Cl. The standard InChI is InChI=1S/C22H22ClN5.2ClH/c1-15-11-22(23,8-7-18(15)19-4-2-3-9-25-19)17-5-6-20-16(10-17)12-24-13-21-27-26-14-28(20)21;;/h2-7,9-10,14-15,24H,8,11-13H2,1H3;2*1H. The quantitative estimate of drug-likeness (QED) is 0.539. The second-order valence-corrected chi connectivity index (χ2v) is 8.44. The summed E-state index contributed by atoms with van der Waals surface area (Å²) in [5.41, 5.74) is 5.88. The van der Waals surface area contributed by atoms with Crippen LogP contribution in [0.15, 0.2) is 55.0 Å². The number of aromatic nitrogens is 4. The topological polar surface area (TPSA) is 55.6 Å². The molecule has 2 unspecified atom stereocenters. The van der Waals surface area contributed by atoms with E-state index in [9.17, 15) is 0 Å². The Morgan fingerprint density at radius 3 is 2.80 bits per heavy atom. The predicted molar refractivity (Wildman–Crippen MR) is 125 cm³/mol. The molecule has 0 radical (unpaired) electrons. The van der Waals surface area contributed by atoms with Gasteiger partial charge in [0.25, 0.3) is 0 Å². The van der Waals surface area contributed by atoms with Crippen molar-refractivity contribution in [1.29, 1.82) is 0 Å². The van der Waals surface area contributed by atoms with Gasteiger partial charge < -0.3 is 5.32 Å². The Balaban J connectivity index is 0.00000128. The molecule has 2 aliphatic rings. The van der Waals surface area contributed by atoms with Crippen molar-refractivity contribution in [2.75, 3.05) is 0 Å². The zero-order chi connectivity index (χ0) is 19.1. The Morgan fingerprint density at radius 1 is 1.17 bits per heavy atom. The van der Waals surface area contributed by atoms with Crippen LogP contribution >= 0.6 is 36.4 Å². The van der Waals surface area contributed by atoms with Crippen LogP contribution in [0.25, 0.3) is 11.3 Å². The highest BCUT2D eigenvalue weighted by Crippen LogP contribution is 2.47. The van der Waals surface area contributed by atoms with Gasteiger partial charge >= 0.3 is 0 Å². The van der Waals surface area contributed by atoms with Gasteiger partial charge in [-0.1, -0.05) is 31.2 Å². The average molecular weight is 465 g/mol. The first-order valence-electron chi connectivity index (χ1n) is 9.68. The van der Waals surface area contributed by atoms with Gasteiger partial charge in [-0.25, -0.2) is 0 Å². The third-order valence-corrected chi connectivity index (χ3v) is 6.37. The summed E-state index contributed by atoms with van der Waals surface area (Å²) in [5, 5.41) is 11.7. The van der Waals surface area contributed by atoms with E-state index in [4.69, 9.17) is 11.6 Å². The minimum atomic E-state index is -0.394. The summed E-state index contributed by atoms with van der Waals surface area (Å²) in [6.45, 7) is 3.75. The molecule has 0 fully saturated rings. The highest BCUT2D eigenvalue weighted by Gasteiger charge is 2.36. The smallest absolute Gasteiger partial charge is 0.151 e. The van der Waals surface area contributed by atoms with Crippen LogP contribution in [-0.2, 0) is 18.0 Å².